The Hall–Kier alpha value is -1.24. The van der Waals surface area contributed by atoms with Crippen molar-refractivity contribution in [3.63, 3.8) is 0 Å². The Bertz CT molecular complexity index is 421. The molecule has 0 amide bonds. The first kappa shape index (κ1) is 10.3. The van der Waals surface area contributed by atoms with Crippen molar-refractivity contribution in [3.8, 4) is 0 Å². The SMILES string of the molecule is CC(C)c1cc2cccn2cc1C(C)C. The van der Waals surface area contributed by atoms with E-state index >= 15 is 0 Å². The van der Waals surface area contributed by atoms with Gasteiger partial charge < -0.3 is 4.40 Å². The van der Waals surface area contributed by atoms with E-state index in [4.69, 9.17) is 0 Å². The maximum absolute atomic E-state index is 2.32. The molecular weight excluding hydrogens is 182 g/mol. The van der Waals surface area contributed by atoms with Crippen molar-refractivity contribution in [2.45, 2.75) is 39.5 Å². The lowest BCUT2D eigenvalue weighted by molar-refractivity contribution is 0.781. The van der Waals surface area contributed by atoms with Crippen molar-refractivity contribution in [3.05, 3.63) is 41.7 Å². The highest BCUT2D eigenvalue weighted by atomic mass is 14.8. The summed E-state index contributed by atoms with van der Waals surface area (Å²) in [5, 5.41) is 0. The third kappa shape index (κ3) is 1.79. The smallest absolute Gasteiger partial charge is 0.0452 e. The number of hydrogen-bond donors (Lipinski definition) is 0. The van der Waals surface area contributed by atoms with Crippen LogP contribution in [0.15, 0.2) is 30.6 Å². The fraction of sp³-hybridized carbons (Fsp3) is 0.429. The summed E-state index contributed by atoms with van der Waals surface area (Å²) < 4.78 is 2.21. The van der Waals surface area contributed by atoms with Gasteiger partial charge in [0.1, 0.15) is 0 Å². The Morgan fingerprint density at radius 3 is 2.27 bits per heavy atom. The second-order valence-electron chi connectivity index (χ2n) is 4.83. The molecule has 15 heavy (non-hydrogen) atoms. The van der Waals surface area contributed by atoms with Crippen molar-refractivity contribution < 1.29 is 0 Å². The normalized spacial score (nSPS) is 11.9. The van der Waals surface area contributed by atoms with Crippen molar-refractivity contribution in [1.82, 2.24) is 4.40 Å². The second-order valence-corrected chi connectivity index (χ2v) is 4.83. The molecule has 0 saturated heterocycles. The van der Waals surface area contributed by atoms with Gasteiger partial charge in [-0.05, 0) is 41.2 Å². The predicted molar refractivity (Wildman–Crippen MR) is 65.6 cm³/mol. The van der Waals surface area contributed by atoms with Crippen LogP contribution in [-0.2, 0) is 0 Å². The molecule has 0 fully saturated rings. The Morgan fingerprint density at radius 1 is 1.00 bits per heavy atom. The van der Waals surface area contributed by atoms with Gasteiger partial charge in [-0.2, -0.15) is 0 Å². The molecule has 0 aliphatic carbocycles. The van der Waals surface area contributed by atoms with Gasteiger partial charge in [-0.1, -0.05) is 27.7 Å². The highest BCUT2D eigenvalue weighted by Gasteiger charge is 2.11. The molecule has 0 aliphatic rings. The molecule has 0 unspecified atom stereocenters. The van der Waals surface area contributed by atoms with Crippen LogP contribution >= 0.6 is 0 Å². The molecular formula is C14H19N. The minimum atomic E-state index is 0.592. The topological polar surface area (TPSA) is 4.41 Å². The largest absolute Gasteiger partial charge is 0.324 e. The van der Waals surface area contributed by atoms with Crippen molar-refractivity contribution in [2.24, 2.45) is 0 Å². The molecule has 1 nitrogen and oxygen atoms in total. The Kier molecular flexibility index (Phi) is 2.56. The number of nitrogens with zero attached hydrogens (tertiary/aromatic N) is 1. The average Bonchev–Trinajstić information content (AvgIpc) is 2.61. The van der Waals surface area contributed by atoms with E-state index < -0.39 is 0 Å². The Labute approximate surface area is 91.7 Å². The lowest BCUT2D eigenvalue weighted by Gasteiger charge is -2.16. The molecule has 0 atom stereocenters. The van der Waals surface area contributed by atoms with E-state index in [2.05, 4.69) is 62.7 Å². The molecule has 2 rings (SSSR count). The highest BCUT2D eigenvalue weighted by Crippen LogP contribution is 2.27. The second kappa shape index (κ2) is 3.73. The van der Waals surface area contributed by atoms with E-state index in [0.717, 1.165) is 0 Å². The van der Waals surface area contributed by atoms with Gasteiger partial charge in [0.05, 0.1) is 0 Å². The zero-order chi connectivity index (χ0) is 11.0. The summed E-state index contributed by atoms with van der Waals surface area (Å²) in [5.41, 5.74) is 4.24. The molecule has 1 heteroatoms. The summed E-state index contributed by atoms with van der Waals surface area (Å²) >= 11 is 0. The number of aromatic nitrogens is 1. The predicted octanol–water partition coefficient (Wildman–Crippen LogP) is 4.19. The van der Waals surface area contributed by atoms with Crippen LogP contribution < -0.4 is 0 Å². The molecule has 2 heterocycles. The number of hydrogen-bond acceptors (Lipinski definition) is 0. The van der Waals surface area contributed by atoms with Crippen molar-refractivity contribution in [2.75, 3.05) is 0 Å². The lowest BCUT2D eigenvalue weighted by atomic mass is 9.92. The van der Waals surface area contributed by atoms with Gasteiger partial charge in [-0.3, -0.25) is 0 Å². The summed E-state index contributed by atoms with van der Waals surface area (Å²) in [7, 11) is 0. The van der Waals surface area contributed by atoms with Gasteiger partial charge in [0.15, 0.2) is 0 Å². The third-order valence-corrected chi connectivity index (χ3v) is 2.97. The summed E-state index contributed by atoms with van der Waals surface area (Å²) in [5.74, 6) is 1.19. The van der Waals surface area contributed by atoms with E-state index in [1.165, 1.54) is 16.6 Å². The summed E-state index contributed by atoms with van der Waals surface area (Å²) in [6.45, 7) is 9.05. The Morgan fingerprint density at radius 2 is 1.67 bits per heavy atom. The van der Waals surface area contributed by atoms with Gasteiger partial charge in [0.25, 0.3) is 0 Å². The maximum Gasteiger partial charge on any atom is 0.0452 e. The minimum absolute atomic E-state index is 0.592. The Balaban J connectivity index is 2.68. The van der Waals surface area contributed by atoms with E-state index in [-0.39, 0.29) is 0 Å². The fourth-order valence-electron chi connectivity index (χ4n) is 2.10. The van der Waals surface area contributed by atoms with Crippen LogP contribution in [0.1, 0.15) is 50.7 Å². The molecule has 0 aromatic carbocycles. The highest BCUT2D eigenvalue weighted by molar-refractivity contribution is 5.52. The van der Waals surface area contributed by atoms with Crippen LogP contribution in [0.5, 0.6) is 0 Å². The molecule has 0 bridgehead atoms. The first-order valence-corrected chi connectivity index (χ1v) is 5.70. The maximum atomic E-state index is 2.32. The standard InChI is InChI=1S/C14H19N/c1-10(2)13-8-12-6-5-7-15(12)9-14(13)11(3)4/h5-11H,1-4H3. The van der Waals surface area contributed by atoms with Crippen molar-refractivity contribution in [1.29, 1.82) is 0 Å². The van der Waals surface area contributed by atoms with Gasteiger partial charge in [-0.15, -0.1) is 0 Å². The van der Waals surface area contributed by atoms with Crippen LogP contribution in [-0.4, -0.2) is 4.40 Å². The van der Waals surface area contributed by atoms with E-state index in [9.17, 15) is 0 Å². The summed E-state index contributed by atoms with van der Waals surface area (Å²) in [4.78, 5) is 0. The third-order valence-electron chi connectivity index (χ3n) is 2.97. The number of pyridine rings is 1. The average molecular weight is 201 g/mol. The summed E-state index contributed by atoms with van der Waals surface area (Å²) in [6.07, 6.45) is 4.39. The van der Waals surface area contributed by atoms with Gasteiger partial charge in [0.2, 0.25) is 0 Å². The molecule has 0 radical (unpaired) electrons. The molecule has 80 valence electrons. The monoisotopic (exact) mass is 201 g/mol. The zero-order valence-corrected chi connectivity index (χ0v) is 9.99. The summed E-state index contributed by atoms with van der Waals surface area (Å²) in [6, 6.07) is 6.58. The molecule has 0 aliphatic heterocycles. The quantitative estimate of drug-likeness (QED) is 0.686. The van der Waals surface area contributed by atoms with Crippen molar-refractivity contribution >= 4 is 5.52 Å². The van der Waals surface area contributed by atoms with E-state index in [1.807, 2.05) is 0 Å². The fourth-order valence-corrected chi connectivity index (χ4v) is 2.10. The van der Waals surface area contributed by atoms with Gasteiger partial charge in [0, 0.05) is 17.9 Å². The van der Waals surface area contributed by atoms with Gasteiger partial charge in [-0.25, -0.2) is 0 Å². The molecule has 2 aromatic rings. The molecule has 0 N–H and O–H groups in total. The first-order chi connectivity index (χ1) is 7.09. The zero-order valence-electron chi connectivity index (χ0n) is 9.99. The lowest BCUT2D eigenvalue weighted by Crippen LogP contribution is -2.01. The van der Waals surface area contributed by atoms with Crippen LogP contribution in [0.2, 0.25) is 0 Å². The van der Waals surface area contributed by atoms with E-state index in [0.29, 0.717) is 11.8 Å². The van der Waals surface area contributed by atoms with Gasteiger partial charge >= 0.3 is 0 Å². The number of rotatable bonds is 2. The van der Waals surface area contributed by atoms with Crippen LogP contribution in [0, 0.1) is 0 Å². The van der Waals surface area contributed by atoms with Crippen LogP contribution in [0.25, 0.3) is 5.52 Å². The minimum Gasteiger partial charge on any atom is -0.324 e. The molecule has 0 spiro atoms. The van der Waals surface area contributed by atoms with E-state index in [1.54, 1.807) is 0 Å². The van der Waals surface area contributed by atoms with Crippen LogP contribution in [0.3, 0.4) is 0 Å². The molecule has 2 aromatic heterocycles. The number of fused-ring (bicyclic) bond motifs is 1. The first-order valence-electron chi connectivity index (χ1n) is 5.70. The van der Waals surface area contributed by atoms with Crippen LogP contribution in [0.4, 0.5) is 0 Å². The molecule has 0 saturated carbocycles.